The third-order valence-electron chi connectivity index (χ3n) is 4.13. The number of benzene rings is 1. The number of para-hydroxylation sites is 2. The zero-order valence-electron chi connectivity index (χ0n) is 14.7. The number of amides is 1. The Morgan fingerprint density at radius 3 is 2.88 bits per heavy atom. The molecule has 1 aromatic carbocycles. The second kappa shape index (κ2) is 8.11. The third-order valence-corrected chi connectivity index (χ3v) is 4.13. The van der Waals surface area contributed by atoms with E-state index >= 15 is 0 Å². The quantitative estimate of drug-likeness (QED) is 0.842. The predicted molar refractivity (Wildman–Crippen MR) is 95.9 cm³/mol. The van der Waals surface area contributed by atoms with Gasteiger partial charge in [-0.25, -0.2) is 4.68 Å². The maximum Gasteiger partial charge on any atom is 0.277 e. The van der Waals surface area contributed by atoms with E-state index in [-0.39, 0.29) is 5.91 Å². The molecule has 1 aliphatic heterocycles. The Morgan fingerprint density at radius 1 is 1.36 bits per heavy atom. The van der Waals surface area contributed by atoms with Crippen LogP contribution in [-0.2, 0) is 0 Å². The van der Waals surface area contributed by atoms with Crippen molar-refractivity contribution in [3.05, 3.63) is 36.2 Å². The minimum absolute atomic E-state index is 0.277. The molecule has 7 nitrogen and oxygen atoms in total. The molecule has 25 heavy (non-hydrogen) atoms. The molecule has 0 aliphatic carbocycles. The summed E-state index contributed by atoms with van der Waals surface area (Å²) in [5.41, 5.74) is 0.960. The molecule has 2 heterocycles. The van der Waals surface area contributed by atoms with Crippen LogP contribution in [0.5, 0.6) is 5.75 Å². The molecule has 0 unspecified atom stereocenters. The van der Waals surface area contributed by atoms with Crippen LogP contribution in [0.15, 0.2) is 30.5 Å². The molecule has 0 bridgehead atoms. The molecule has 1 amide bonds. The van der Waals surface area contributed by atoms with Crippen molar-refractivity contribution in [1.29, 1.82) is 0 Å². The number of piperidine rings is 1. The van der Waals surface area contributed by atoms with Crippen molar-refractivity contribution in [1.82, 2.24) is 20.3 Å². The lowest BCUT2D eigenvalue weighted by atomic mass is 10.1. The highest BCUT2D eigenvalue weighted by atomic mass is 16.5. The molecule has 0 atom stereocenters. The highest BCUT2D eigenvalue weighted by molar-refractivity contribution is 6.03. The minimum Gasteiger partial charge on any atom is -0.491 e. The molecule has 1 aromatic heterocycles. The number of anilines is 1. The maximum atomic E-state index is 12.5. The van der Waals surface area contributed by atoms with E-state index in [9.17, 15) is 4.79 Å². The predicted octanol–water partition coefficient (Wildman–Crippen LogP) is 2.49. The zero-order valence-corrected chi connectivity index (χ0v) is 14.7. The first-order valence-corrected chi connectivity index (χ1v) is 8.79. The summed E-state index contributed by atoms with van der Waals surface area (Å²) >= 11 is 0. The molecule has 2 aromatic rings. The smallest absolute Gasteiger partial charge is 0.277 e. The molecule has 7 heteroatoms. The highest BCUT2D eigenvalue weighted by Gasteiger charge is 2.19. The van der Waals surface area contributed by atoms with Gasteiger partial charge >= 0.3 is 0 Å². The molecule has 0 saturated carbocycles. The van der Waals surface area contributed by atoms with E-state index in [1.807, 2.05) is 24.3 Å². The van der Waals surface area contributed by atoms with Crippen LogP contribution >= 0.6 is 0 Å². The summed E-state index contributed by atoms with van der Waals surface area (Å²) in [6.45, 7) is 6.69. The normalized spacial score (nSPS) is 15.3. The summed E-state index contributed by atoms with van der Waals surface area (Å²) in [6, 6.07) is 7.73. The summed E-state index contributed by atoms with van der Waals surface area (Å²) in [4.78, 5) is 12.5. The lowest BCUT2D eigenvalue weighted by molar-refractivity contribution is 0.102. The van der Waals surface area contributed by atoms with E-state index in [2.05, 4.69) is 34.8 Å². The minimum atomic E-state index is -0.277. The Hall–Kier alpha value is -2.41. The van der Waals surface area contributed by atoms with Crippen LogP contribution in [0.25, 0.3) is 0 Å². The Labute approximate surface area is 147 Å². The van der Waals surface area contributed by atoms with Gasteiger partial charge in [0.15, 0.2) is 5.69 Å². The second-order valence-corrected chi connectivity index (χ2v) is 6.72. The molecular formula is C18H25N5O2. The summed E-state index contributed by atoms with van der Waals surface area (Å²) in [7, 11) is 0. The number of nitrogens with one attached hydrogen (secondary N) is 2. The average molecular weight is 343 g/mol. The molecular weight excluding hydrogens is 318 g/mol. The van der Waals surface area contributed by atoms with Gasteiger partial charge in [-0.1, -0.05) is 31.2 Å². The molecule has 3 rings (SSSR count). The van der Waals surface area contributed by atoms with Gasteiger partial charge in [0.05, 0.1) is 24.5 Å². The number of nitrogens with zero attached hydrogens (tertiary/aromatic N) is 3. The fourth-order valence-corrected chi connectivity index (χ4v) is 2.77. The van der Waals surface area contributed by atoms with E-state index in [0.717, 1.165) is 25.9 Å². The van der Waals surface area contributed by atoms with Crippen molar-refractivity contribution in [3.8, 4) is 5.75 Å². The van der Waals surface area contributed by atoms with Gasteiger partial charge in [0.25, 0.3) is 5.91 Å². The number of rotatable bonds is 6. The summed E-state index contributed by atoms with van der Waals surface area (Å²) in [5, 5.41) is 14.4. The highest BCUT2D eigenvalue weighted by Crippen LogP contribution is 2.25. The largest absolute Gasteiger partial charge is 0.491 e. The van der Waals surface area contributed by atoms with Gasteiger partial charge in [0, 0.05) is 0 Å². The first-order chi connectivity index (χ1) is 12.1. The Bertz CT molecular complexity index is 707. The Balaban J connectivity index is 1.67. The molecule has 134 valence electrons. The van der Waals surface area contributed by atoms with Crippen molar-refractivity contribution in [2.24, 2.45) is 5.92 Å². The third kappa shape index (κ3) is 4.57. The van der Waals surface area contributed by atoms with Crippen LogP contribution in [0.2, 0.25) is 0 Å². The number of hydrogen-bond donors (Lipinski definition) is 2. The maximum absolute atomic E-state index is 12.5. The van der Waals surface area contributed by atoms with Crippen molar-refractivity contribution in [2.75, 3.05) is 25.0 Å². The van der Waals surface area contributed by atoms with E-state index in [0.29, 0.717) is 35.7 Å². The van der Waals surface area contributed by atoms with Crippen LogP contribution < -0.4 is 15.4 Å². The zero-order chi connectivity index (χ0) is 17.6. The van der Waals surface area contributed by atoms with Crippen LogP contribution in [0, 0.1) is 5.92 Å². The number of carbonyl (C=O) groups excluding carboxylic acids is 1. The van der Waals surface area contributed by atoms with Crippen molar-refractivity contribution in [3.63, 3.8) is 0 Å². The number of ether oxygens (including phenoxy) is 1. The van der Waals surface area contributed by atoms with Gasteiger partial charge in [-0.2, -0.15) is 0 Å². The van der Waals surface area contributed by atoms with Crippen LogP contribution in [0.3, 0.4) is 0 Å². The van der Waals surface area contributed by atoms with Crippen LogP contribution in [-0.4, -0.2) is 40.6 Å². The van der Waals surface area contributed by atoms with Crippen LogP contribution in [0.4, 0.5) is 5.69 Å². The van der Waals surface area contributed by atoms with E-state index < -0.39 is 0 Å². The summed E-state index contributed by atoms with van der Waals surface area (Å²) < 4.78 is 7.58. The summed E-state index contributed by atoms with van der Waals surface area (Å²) in [5.74, 6) is 0.796. The van der Waals surface area contributed by atoms with Crippen molar-refractivity contribution in [2.45, 2.75) is 32.7 Å². The van der Waals surface area contributed by atoms with Gasteiger partial charge in [0.1, 0.15) is 5.75 Å². The number of aromatic nitrogens is 3. The standard InChI is InChI=1S/C18H25N5O2/c1-13(2)12-25-17-6-4-3-5-15(17)20-18(24)16-11-23(22-21-16)14-7-9-19-10-8-14/h3-6,11,13-14,19H,7-10,12H2,1-2H3,(H,20,24). The second-order valence-electron chi connectivity index (χ2n) is 6.72. The number of hydrogen-bond acceptors (Lipinski definition) is 5. The SMILES string of the molecule is CC(C)COc1ccccc1NC(=O)c1cn(C2CCNCC2)nn1. The Morgan fingerprint density at radius 2 is 2.12 bits per heavy atom. The summed E-state index contributed by atoms with van der Waals surface area (Å²) in [6.07, 6.45) is 3.72. The Kier molecular flexibility index (Phi) is 5.65. The van der Waals surface area contributed by atoms with Gasteiger partial charge < -0.3 is 15.4 Å². The van der Waals surface area contributed by atoms with E-state index in [1.165, 1.54) is 0 Å². The van der Waals surface area contributed by atoms with Crippen LogP contribution in [0.1, 0.15) is 43.2 Å². The first-order valence-electron chi connectivity index (χ1n) is 8.79. The topological polar surface area (TPSA) is 81.1 Å². The molecule has 0 spiro atoms. The van der Waals surface area contributed by atoms with Crippen molar-refractivity contribution < 1.29 is 9.53 Å². The monoisotopic (exact) mass is 343 g/mol. The van der Waals surface area contributed by atoms with E-state index in [4.69, 9.17) is 4.74 Å². The van der Waals surface area contributed by atoms with Gasteiger partial charge in [-0.15, -0.1) is 5.10 Å². The lowest BCUT2D eigenvalue weighted by Crippen LogP contribution is -2.29. The van der Waals surface area contributed by atoms with Gasteiger partial charge in [-0.3, -0.25) is 4.79 Å². The van der Waals surface area contributed by atoms with Gasteiger partial charge in [0.2, 0.25) is 0 Å². The van der Waals surface area contributed by atoms with E-state index in [1.54, 1.807) is 10.9 Å². The molecule has 1 aliphatic rings. The lowest BCUT2D eigenvalue weighted by Gasteiger charge is -2.22. The fourth-order valence-electron chi connectivity index (χ4n) is 2.77. The average Bonchev–Trinajstić information content (AvgIpc) is 3.12. The van der Waals surface area contributed by atoms with Crippen molar-refractivity contribution >= 4 is 11.6 Å². The first kappa shape index (κ1) is 17.4. The molecule has 1 saturated heterocycles. The molecule has 1 fully saturated rings. The van der Waals surface area contributed by atoms with Gasteiger partial charge in [-0.05, 0) is 44.0 Å². The molecule has 0 radical (unpaired) electrons. The fraction of sp³-hybridized carbons (Fsp3) is 0.500. The molecule has 2 N–H and O–H groups in total. The number of carbonyl (C=O) groups is 1.